The zero-order valence-corrected chi connectivity index (χ0v) is 20.6. The highest BCUT2D eigenvalue weighted by Crippen LogP contribution is 2.42. The summed E-state index contributed by atoms with van der Waals surface area (Å²) in [5.41, 5.74) is 9.82. The molecular weight excluding hydrogens is 482 g/mol. The molecule has 4 aromatic carbocycles. The molecule has 0 saturated carbocycles. The van der Waals surface area contributed by atoms with Gasteiger partial charge in [0.05, 0.1) is 16.7 Å². The lowest BCUT2D eigenvalue weighted by molar-refractivity contribution is 0.663. The fourth-order valence-electron chi connectivity index (χ4n) is 6.07. The van der Waals surface area contributed by atoms with Gasteiger partial charge in [0.15, 0.2) is 16.7 Å². The number of nitrogens with zero attached hydrogens (tertiary/aromatic N) is 3. The highest BCUT2D eigenvalue weighted by atomic mass is 16.3. The Labute approximate surface area is 221 Å². The van der Waals surface area contributed by atoms with Gasteiger partial charge in [0.25, 0.3) is 0 Å². The Bertz CT molecular complexity index is 2350. The molecular formula is C34H19N3O2. The van der Waals surface area contributed by atoms with Gasteiger partial charge in [0.2, 0.25) is 0 Å². The smallest absolute Gasteiger partial charge is 0.163 e. The Morgan fingerprint density at radius 3 is 1.95 bits per heavy atom. The molecule has 0 amide bonds. The van der Waals surface area contributed by atoms with Gasteiger partial charge >= 0.3 is 0 Å². The fraction of sp³-hybridized carbons (Fsp3) is 0. The van der Waals surface area contributed by atoms with E-state index in [1.165, 1.54) is 10.8 Å². The van der Waals surface area contributed by atoms with E-state index in [-0.39, 0.29) is 0 Å². The van der Waals surface area contributed by atoms with Gasteiger partial charge in [-0.05, 0) is 36.4 Å². The topological polar surface area (TPSA) is 57.0 Å². The van der Waals surface area contributed by atoms with Crippen LogP contribution in [0.25, 0.3) is 82.8 Å². The summed E-state index contributed by atoms with van der Waals surface area (Å²) in [7, 11) is 0. The van der Waals surface area contributed by atoms with Gasteiger partial charge in [0.1, 0.15) is 16.6 Å². The van der Waals surface area contributed by atoms with Crippen molar-refractivity contribution < 1.29 is 8.83 Å². The normalized spacial score (nSPS) is 12.1. The Kier molecular flexibility index (Phi) is 3.99. The Morgan fingerprint density at radius 2 is 1.13 bits per heavy atom. The predicted molar refractivity (Wildman–Crippen MR) is 156 cm³/mol. The van der Waals surface area contributed by atoms with Crippen molar-refractivity contribution in [3.8, 4) is 16.8 Å². The van der Waals surface area contributed by atoms with Crippen LogP contribution in [0, 0.1) is 0 Å². The average Bonchev–Trinajstić information content (AvgIpc) is 3.67. The minimum absolute atomic E-state index is 0.710. The third-order valence-electron chi connectivity index (χ3n) is 7.73. The first-order valence-electron chi connectivity index (χ1n) is 12.9. The van der Waals surface area contributed by atoms with E-state index < -0.39 is 0 Å². The predicted octanol–water partition coefficient (Wildman–Crippen LogP) is 9.04. The highest BCUT2D eigenvalue weighted by molar-refractivity contribution is 6.16. The summed E-state index contributed by atoms with van der Waals surface area (Å²) in [4.78, 5) is 9.10. The molecule has 5 aromatic heterocycles. The molecule has 0 fully saturated rings. The molecule has 0 spiro atoms. The van der Waals surface area contributed by atoms with Crippen LogP contribution in [0.1, 0.15) is 0 Å². The van der Waals surface area contributed by atoms with Crippen LogP contribution in [0.4, 0.5) is 0 Å². The van der Waals surface area contributed by atoms with Crippen molar-refractivity contribution in [1.29, 1.82) is 0 Å². The first kappa shape index (κ1) is 20.6. The van der Waals surface area contributed by atoms with Crippen LogP contribution in [0.3, 0.4) is 0 Å². The van der Waals surface area contributed by atoms with Crippen LogP contribution in [0.15, 0.2) is 124 Å². The van der Waals surface area contributed by atoms with Gasteiger partial charge in [-0.25, -0.2) is 0 Å². The molecule has 0 aliphatic rings. The van der Waals surface area contributed by atoms with Crippen LogP contribution in [0.2, 0.25) is 0 Å². The van der Waals surface area contributed by atoms with Crippen LogP contribution >= 0.6 is 0 Å². The van der Waals surface area contributed by atoms with Crippen LogP contribution in [-0.4, -0.2) is 14.5 Å². The maximum absolute atomic E-state index is 6.82. The number of hydrogen-bond donors (Lipinski definition) is 0. The second-order valence-corrected chi connectivity index (χ2v) is 9.80. The van der Waals surface area contributed by atoms with Crippen LogP contribution in [0.5, 0.6) is 0 Å². The zero-order valence-electron chi connectivity index (χ0n) is 20.6. The number of rotatable bonds is 2. The molecule has 0 saturated heterocycles. The van der Waals surface area contributed by atoms with Gasteiger partial charge in [0, 0.05) is 45.1 Å². The summed E-state index contributed by atoms with van der Waals surface area (Å²) < 4.78 is 15.4. The van der Waals surface area contributed by atoms with E-state index in [2.05, 4.69) is 99.5 Å². The van der Waals surface area contributed by atoms with Crippen molar-refractivity contribution in [2.75, 3.05) is 0 Å². The summed E-state index contributed by atoms with van der Waals surface area (Å²) in [5, 5.41) is 4.58. The van der Waals surface area contributed by atoms with Gasteiger partial charge in [-0.3, -0.25) is 9.97 Å². The van der Waals surface area contributed by atoms with E-state index in [4.69, 9.17) is 8.83 Å². The lowest BCUT2D eigenvalue weighted by atomic mass is 10.0. The molecule has 0 unspecified atom stereocenters. The van der Waals surface area contributed by atoms with Crippen LogP contribution < -0.4 is 0 Å². The van der Waals surface area contributed by atoms with E-state index in [0.29, 0.717) is 5.58 Å². The van der Waals surface area contributed by atoms with Crippen molar-refractivity contribution in [1.82, 2.24) is 14.5 Å². The number of benzene rings is 4. The van der Waals surface area contributed by atoms with Crippen molar-refractivity contribution in [2.45, 2.75) is 0 Å². The van der Waals surface area contributed by atoms with Gasteiger partial charge in [-0.15, -0.1) is 0 Å². The first-order valence-corrected chi connectivity index (χ1v) is 12.9. The van der Waals surface area contributed by atoms with E-state index >= 15 is 0 Å². The minimum Gasteiger partial charge on any atom is -0.453 e. The average molecular weight is 502 g/mol. The van der Waals surface area contributed by atoms with Gasteiger partial charge in [-0.1, -0.05) is 66.7 Å². The molecule has 182 valence electrons. The molecule has 0 aliphatic heterocycles. The summed E-state index contributed by atoms with van der Waals surface area (Å²) in [6.07, 6.45) is 3.58. The molecule has 39 heavy (non-hydrogen) atoms. The van der Waals surface area contributed by atoms with E-state index in [0.717, 1.165) is 66.4 Å². The molecule has 5 nitrogen and oxygen atoms in total. The number of pyridine rings is 2. The third kappa shape index (κ3) is 2.73. The fourth-order valence-corrected chi connectivity index (χ4v) is 6.07. The van der Waals surface area contributed by atoms with Crippen molar-refractivity contribution in [2.24, 2.45) is 0 Å². The lowest BCUT2D eigenvalue weighted by Crippen LogP contribution is -1.93. The molecule has 0 N–H and O–H groups in total. The Hall–Kier alpha value is -5.42. The summed E-state index contributed by atoms with van der Waals surface area (Å²) >= 11 is 0. The SMILES string of the molecule is c1cnc2c(c1)oc1c(-c3cccc4c3oc3c(-n5c6ccccc6c6ccccc65)cccc34)ccnc12. The van der Waals surface area contributed by atoms with E-state index in [9.17, 15) is 0 Å². The highest BCUT2D eigenvalue weighted by Gasteiger charge is 2.21. The second kappa shape index (κ2) is 7.55. The number of fused-ring (bicyclic) bond motifs is 9. The maximum atomic E-state index is 6.82. The van der Waals surface area contributed by atoms with Crippen LogP contribution in [-0.2, 0) is 0 Å². The van der Waals surface area contributed by atoms with E-state index in [1.54, 1.807) is 6.20 Å². The van der Waals surface area contributed by atoms with Gasteiger partial charge in [-0.2, -0.15) is 0 Å². The molecule has 0 aliphatic carbocycles. The van der Waals surface area contributed by atoms with Gasteiger partial charge < -0.3 is 13.4 Å². The Balaban J connectivity index is 1.38. The maximum Gasteiger partial charge on any atom is 0.163 e. The quantitative estimate of drug-likeness (QED) is 0.237. The van der Waals surface area contributed by atoms with Crippen molar-refractivity contribution >= 4 is 65.9 Å². The molecule has 0 bridgehead atoms. The monoisotopic (exact) mass is 501 g/mol. The van der Waals surface area contributed by atoms with E-state index in [1.807, 2.05) is 24.4 Å². The minimum atomic E-state index is 0.710. The number of hydrogen-bond acceptors (Lipinski definition) is 4. The third-order valence-corrected chi connectivity index (χ3v) is 7.73. The molecule has 9 aromatic rings. The Morgan fingerprint density at radius 1 is 0.462 bits per heavy atom. The standard InChI is InChI=1S/C34H19N3O2/c1-3-13-26-20(8-1)21-9-2-4-14-27(21)37(26)28-15-6-12-24-22-10-5-11-23(32(22)39-33(24)28)25-17-19-36-31-30-29(38-34(25)31)16-7-18-35-30/h1-19H. The largest absolute Gasteiger partial charge is 0.453 e. The zero-order chi connectivity index (χ0) is 25.5. The second-order valence-electron chi connectivity index (χ2n) is 9.80. The summed E-state index contributed by atoms with van der Waals surface area (Å²) in [6.45, 7) is 0. The molecule has 5 heterocycles. The van der Waals surface area contributed by atoms with Crippen molar-refractivity contribution in [3.63, 3.8) is 0 Å². The molecule has 5 heteroatoms. The molecule has 0 radical (unpaired) electrons. The number of para-hydroxylation sites is 4. The first-order chi connectivity index (χ1) is 19.4. The molecule has 0 atom stereocenters. The molecule has 9 rings (SSSR count). The lowest BCUT2D eigenvalue weighted by Gasteiger charge is -2.08. The number of furan rings is 2. The number of aromatic nitrogens is 3. The summed E-state index contributed by atoms with van der Waals surface area (Å²) in [6, 6.07) is 35.5. The van der Waals surface area contributed by atoms with Crippen molar-refractivity contribution in [3.05, 3.63) is 116 Å². The summed E-state index contributed by atoms with van der Waals surface area (Å²) in [5.74, 6) is 0.